The highest BCUT2D eigenvalue weighted by Gasteiger charge is 2.36. The molecule has 3 nitrogen and oxygen atoms in total. The third-order valence-corrected chi connectivity index (χ3v) is 16.0. The fourth-order valence-electron chi connectivity index (χ4n) is 7.93. The van der Waals surface area contributed by atoms with Crippen molar-refractivity contribution in [1.29, 1.82) is 0 Å². The molecule has 0 atom stereocenters. The third kappa shape index (κ3) is 5.93. The number of hydrogen-bond acceptors (Lipinski definition) is 4. The van der Waals surface area contributed by atoms with Crippen LogP contribution in [0.2, 0.25) is 13.1 Å². The Morgan fingerprint density at radius 3 is 1.58 bits per heavy atom. The Morgan fingerprint density at radius 1 is 0.400 bits per heavy atom. The van der Waals surface area contributed by atoms with Crippen molar-refractivity contribution in [1.82, 2.24) is 0 Å². The largest absolute Gasteiger partial charge is 0.449 e. The van der Waals surface area contributed by atoms with Gasteiger partial charge in [-0.05, 0) is 98.9 Å². The Labute approximate surface area is 327 Å². The van der Waals surface area contributed by atoms with Crippen molar-refractivity contribution >= 4 is 47.3 Å². The van der Waals surface area contributed by atoms with E-state index >= 15 is 0 Å². The second kappa shape index (κ2) is 13.5. The van der Waals surface area contributed by atoms with E-state index in [1.807, 2.05) is 48.2 Å². The highest BCUT2D eigenvalue weighted by molar-refractivity contribution is 8.00. The number of hydrogen-bond donors (Lipinski definition) is 0. The van der Waals surface area contributed by atoms with Crippen molar-refractivity contribution in [2.24, 2.45) is 0 Å². The zero-order valence-electron chi connectivity index (χ0n) is 30.6. The Balaban J connectivity index is 1.02. The fraction of sp³-hybridized carbons (Fsp3) is 0.0400. The lowest BCUT2D eigenvalue weighted by atomic mass is 10.0. The molecule has 0 aliphatic carbocycles. The van der Waals surface area contributed by atoms with Gasteiger partial charge in [0, 0.05) is 32.4 Å². The summed E-state index contributed by atoms with van der Waals surface area (Å²) in [5.41, 5.74) is 10.2. The van der Waals surface area contributed by atoms with Crippen molar-refractivity contribution in [3.63, 3.8) is 0 Å². The quantitative estimate of drug-likeness (QED) is 0.158. The van der Waals surface area contributed by atoms with Crippen LogP contribution < -0.4 is 24.7 Å². The average molecular weight is 744 g/mol. The van der Waals surface area contributed by atoms with Crippen LogP contribution in [-0.2, 0) is 0 Å². The van der Waals surface area contributed by atoms with Gasteiger partial charge in [-0.25, -0.2) is 0 Å². The lowest BCUT2D eigenvalue weighted by molar-refractivity contribution is 0.361. The maximum atomic E-state index is 6.40. The minimum atomic E-state index is -1.84. The summed E-state index contributed by atoms with van der Waals surface area (Å²) in [5, 5.41) is 3.04. The first-order valence-electron chi connectivity index (χ1n) is 18.7. The van der Waals surface area contributed by atoms with Crippen LogP contribution in [0.4, 0.5) is 17.1 Å². The van der Waals surface area contributed by atoms with Gasteiger partial charge in [-0.2, -0.15) is 0 Å². The normalized spacial score (nSPS) is 13.3. The van der Waals surface area contributed by atoms with Gasteiger partial charge >= 0.3 is 0 Å². The number of fused-ring (bicyclic) bond motifs is 4. The minimum absolute atomic E-state index is 0.716. The number of ether oxygens (including phenoxy) is 2. The van der Waals surface area contributed by atoms with Gasteiger partial charge in [-0.1, -0.05) is 152 Å². The van der Waals surface area contributed by atoms with Gasteiger partial charge in [0.15, 0.2) is 23.0 Å². The van der Waals surface area contributed by atoms with Crippen LogP contribution >= 0.6 is 11.8 Å². The molecule has 0 bridgehead atoms. The van der Waals surface area contributed by atoms with Gasteiger partial charge < -0.3 is 14.4 Å². The van der Waals surface area contributed by atoms with E-state index < -0.39 is 8.07 Å². The van der Waals surface area contributed by atoms with Crippen LogP contribution in [0.1, 0.15) is 0 Å². The molecule has 0 fully saturated rings. The highest BCUT2D eigenvalue weighted by Crippen LogP contribution is 2.50. The summed E-state index contributed by atoms with van der Waals surface area (Å²) in [6, 6.07) is 66.9. The molecule has 8 aromatic rings. The van der Waals surface area contributed by atoms with E-state index in [1.54, 1.807) is 0 Å². The predicted molar refractivity (Wildman–Crippen MR) is 231 cm³/mol. The molecule has 2 aliphatic rings. The van der Waals surface area contributed by atoms with E-state index in [-0.39, 0.29) is 0 Å². The summed E-state index contributed by atoms with van der Waals surface area (Å²) in [4.78, 5) is 5.12. The Kier molecular flexibility index (Phi) is 8.20. The zero-order valence-corrected chi connectivity index (χ0v) is 32.4. The average Bonchev–Trinajstić information content (AvgIpc) is 3.24. The standard InChI is InChI=1S/C50H37NO2SSi/c1-55(2)47-20-9-8-19-46(47)54-50-42(15-11-21-48(50)55)37-26-32-40(33-27-37)51(38-28-22-35(23-29-38)34-12-4-3-5-13-34)39-30-24-36(25-31-39)41-14-10-18-45-49(41)53-44-17-7-6-16-43(44)52-45/h3-33H,1-2H3. The number of anilines is 3. The molecule has 0 radical (unpaired) electrons. The molecule has 55 heavy (non-hydrogen) atoms. The molecule has 2 aliphatic heterocycles. The monoisotopic (exact) mass is 743 g/mol. The molecule has 5 heteroatoms. The van der Waals surface area contributed by atoms with Crippen LogP contribution in [-0.4, -0.2) is 8.07 Å². The summed E-state index contributed by atoms with van der Waals surface area (Å²) < 4.78 is 12.6. The summed E-state index contributed by atoms with van der Waals surface area (Å²) in [6.45, 7) is 4.96. The van der Waals surface area contributed by atoms with Crippen LogP contribution in [0.3, 0.4) is 0 Å². The molecular weight excluding hydrogens is 707 g/mol. The predicted octanol–water partition coefficient (Wildman–Crippen LogP) is 13.3. The van der Waals surface area contributed by atoms with Crippen molar-refractivity contribution < 1.29 is 9.47 Å². The molecule has 0 saturated heterocycles. The van der Waals surface area contributed by atoms with E-state index in [0.29, 0.717) is 5.75 Å². The van der Waals surface area contributed by atoms with Gasteiger partial charge in [0.2, 0.25) is 0 Å². The first kappa shape index (κ1) is 33.3. The maximum Gasteiger partial charge on any atom is 0.177 e. The second-order valence-corrected chi connectivity index (χ2v) is 19.9. The third-order valence-electron chi connectivity index (χ3n) is 10.8. The van der Waals surface area contributed by atoms with E-state index in [1.165, 1.54) is 42.4 Å². The molecule has 0 saturated carbocycles. The Morgan fingerprint density at radius 2 is 0.891 bits per heavy atom. The number of nitrogens with zero attached hydrogens (tertiary/aromatic N) is 1. The topological polar surface area (TPSA) is 21.7 Å². The minimum Gasteiger partial charge on any atom is -0.449 e. The Hall–Kier alpha value is -6.27. The van der Waals surface area contributed by atoms with Gasteiger partial charge in [0.25, 0.3) is 0 Å². The maximum absolute atomic E-state index is 6.40. The first-order valence-corrected chi connectivity index (χ1v) is 22.5. The van der Waals surface area contributed by atoms with Crippen molar-refractivity contribution in [2.45, 2.75) is 22.9 Å². The summed E-state index contributed by atoms with van der Waals surface area (Å²) >= 11 is 1.92. The van der Waals surface area contributed by atoms with Gasteiger partial charge in [-0.3, -0.25) is 0 Å². The van der Waals surface area contributed by atoms with E-state index in [2.05, 4.69) is 170 Å². The molecule has 264 valence electrons. The van der Waals surface area contributed by atoms with Crippen LogP contribution in [0, 0.1) is 0 Å². The molecule has 8 aromatic carbocycles. The van der Waals surface area contributed by atoms with Crippen LogP contribution in [0.15, 0.2) is 198 Å². The lowest BCUT2D eigenvalue weighted by Gasteiger charge is -2.34. The molecular formula is C50H37NO2SSi. The SMILES string of the molecule is C[Si]1(C)c2ccccc2Sc2c(-c3ccc(N(c4ccc(-c5ccccc5)cc4)c4ccc(-c5cccc6c5Oc5ccccc5O6)cc4)cc3)cccc21. The zero-order chi connectivity index (χ0) is 36.9. The molecule has 0 N–H and O–H groups in total. The van der Waals surface area contributed by atoms with Gasteiger partial charge in [-0.15, -0.1) is 0 Å². The number of rotatable bonds is 6. The van der Waals surface area contributed by atoms with Crippen LogP contribution in [0.25, 0.3) is 33.4 Å². The molecule has 10 rings (SSSR count). The molecule has 0 aromatic heterocycles. The molecule has 2 heterocycles. The number of benzene rings is 8. The first-order chi connectivity index (χ1) is 27.0. The summed E-state index contributed by atoms with van der Waals surface area (Å²) in [7, 11) is -1.84. The van der Waals surface area contributed by atoms with E-state index in [4.69, 9.17) is 9.47 Å². The van der Waals surface area contributed by atoms with E-state index in [9.17, 15) is 0 Å². The molecule has 0 unspecified atom stereocenters. The van der Waals surface area contributed by atoms with Crippen molar-refractivity contribution in [2.75, 3.05) is 4.90 Å². The molecule has 0 amide bonds. The lowest BCUT2D eigenvalue weighted by Crippen LogP contribution is -2.56. The smallest absolute Gasteiger partial charge is 0.177 e. The second-order valence-electron chi connectivity index (χ2n) is 14.5. The van der Waals surface area contributed by atoms with Crippen molar-refractivity contribution in [3.8, 4) is 56.4 Å². The van der Waals surface area contributed by atoms with Gasteiger partial charge in [0.05, 0.1) is 0 Å². The van der Waals surface area contributed by atoms with Crippen LogP contribution in [0.5, 0.6) is 23.0 Å². The highest BCUT2D eigenvalue weighted by atomic mass is 32.2. The van der Waals surface area contributed by atoms with Gasteiger partial charge in [0.1, 0.15) is 8.07 Å². The summed E-state index contributed by atoms with van der Waals surface area (Å²) in [6.07, 6.45) is 0. The Bertz CT molecular complexity index is 2690. The van der Waals surface area contributed by atoms with E-state index in [0.717, 1.165) is 45.4 Å². The molecule has 0 spiro atoms. The van der Waals surface area contributed by atoms with Crippen molar-refractivity contribution in [3.05, 3.63) is 188 Å². The number of para-hydroxylation sites is 3. The fourth-order valence-corrected chi connectivity index (χ4v) is 13.5. The summed E-state index contributed by atoms with van der Waals surface area (Å²) in [5.74, 6) is 2.89.